The van der Waals surface area contributed by atoms with Gasteiger partial charge in [-0.15, -0.1) is 0 Å². The topological polar surface area (TPSA) is 81.1 Å². The first-order valence-corrected chi connectivity index (χ1v) is 5.86. The summed E-state index contributed by atoms with van der Waals surface area (Å²) in [7, 11) is 0. The van der Waals surface area contributed by atoms with Gasteiger partial charge in [-0.2, -0.15) is 0 Å². The molecule has 1 aliphatic rings. The average molecular weight is 244 g/mol. The number of aliphatic carboxylic acids is 1. The summed E-state index contributed by atoms with van der Waals surface area (Å²) in [5.41, 5.74) is 0. The van der Waals surface area contributed by atoms with Gasteiger partial charge in [0.2, 0.25) is 0 Å². The molecular formula is C11H20N2O4. The quantitative estimate of drug-likeness (QED) is 0.724. The standard InChI is InChI=1S/C11H20N2O4/c1-8(2)13(4-3-5-14)11(17)12-6-9(7-12)10(15)16/h8-9,14H,3-7H2,1-2H3,(H,15,16). The monoisotopic (exact) mass is 244 g/mol. The number of hydrogen-bond donors (Lipinski definition) is 2. The van der Waals surface area contributed by atoms with Gasteiger partial charge in [0.05, 0.1) is 5.92 Å². The first kappa shape index (κ1) is 13.8. The van der Waals surface area contributed by atoms with Crippen molar-refractivity contribution < 1.29 is 19.8 Å². The van der Waals surface area contributed by atoms with Gasteiger partial charge < -0.3 is 20.0 Å². The van der Waals surface area contributed by atoms with Crippen LogP contribution >= 0.6 is 0 Å². The normalized spacial score (nSPS) is 15.9. The van der Waals surface area contributed by atoms with Gasteiger partial charge in [0.25, 0.3) is 0 Å². The van der Waals surface area contributed by atoms with Crippen LogP contribution in [0, 0.1) is 5.92 Å². The fraction of sp³-hybridized carbons (Fsp3) is 0.818. The second kappa shape index (κ2) is 5.86. The maximum atomic E-state index is 12.0. The molecule has 1 heterocycles. The second-order valence-corrected chi connectivity index (χ2v) is 4.59. The summed E-state index contributed by atoms with van der Waals surface area (Å²) in [6.45, 7) is 4.94. The van der Waals surface area contributed by atoms with Gasteiger partial charge in [0, 0.05) is 32.3 Å². The van der Waals surface area contributed by atoms with Crippen LogP contribution in [0.3, 0.4) is 0 Å². The van der Waals surface area contributed by atoms with Crippen molar-refractivity contribution in [3.05, 3.63) is 0 Å². The SMILES string of the molecule is CC(C)N(CCCO)C(=O)N1CC(C(=O)O)C1. The fourth-order valence-electron chi connectivity index (χ4n) is 1.79. The smallest absolute Gasteiger partial charge is 0.320 e. The number of nitrogens with zero attached hydrogens (tertiary/aromatic N) is 2. The number of rotatable bonds is 5. The Bertz CT molecular complexity index is 287. The van der Waals surface area contributed by atoms with Crippen molar-refractivity contribution in [1.29, 1.82) is 0 Å². The van der Waals surface area contributed by atoms with Crippen LogP contribution in [0.25, 0.3) is 0 Å². The number of amides is 2. The number of aliphatic hydroxyl groups is 1. The van der Waals surface area contributed by atoms with Crippen LogP contribution < -0.4 is 0 Å². The molecule has 17 heavy (non-hydrogen) atoms. The molecule has 2 amide bonds. The van der Waals surface area contributed by atoms with E-state index in [4.69, 9.17) is 10.2 Å². The molecule has 0 aromatic carbocycles. The van der Waals surface area contributed by atoms with Crippen LogP contribution in [0.1, 0.15) is 20.3 Å². The molecule has 1 saturated heterocycles. The largest absolute Gasteiger partial charge is 0.481 e. The molecule has 0 aliphatic carbocycles. The first-order valence-electron chi connectivity index (χ1n) is 5.86. The molecule has 0 bridgehead atoms. The van der Waals surface area contributed by atoms with Crippen molar-refractivity contribution in [2.75, 3.05) is 26.2 Å². The molecule has 6 nitrogen and oxygen atoms in total. The maximum absolute atomic E-state index is 12.0. The van der Waals surface area contributed by atoms with Gasteiger partial charge in [-0.05, 0) is 20.3 Å². The Labute approximate surface area is 101 Å². The predicted octanol–water partition coefficient (Wildman–Crippen LogP) is 0.216. The molecule has 0 saturated carbocycles. The van der Waals surface area contributed by atoms with Gasteiger partial charge in [0.15, 0.2) is 0 Å². The van der Waals surface area contributed by atoms with Gasteiger partial charge >= 0.3 is 12.0 Å². The number of carboxylic acids is 1. The molecule has 2 N–H and O–H groups in total. The van der Waals surface area contributed by atoms with Gasteiger partial charge in [-0.3, -0.25) is 4.79 Å². The number of carbonyl (C=O) groups is 2. The van der Waals surface area contributed by atoms with Crippen LogP contribution in [0.2, 0.25) is 0 Å². The molecule has 1 fully saturated rings. The van der Waals surface area contributed by atoms with E-state index in [1.54, 1.807) is 4.90 Å². The summed E-state index contributed by atoms with van der Waals surface area (Å²) in [4.78, 5) is 25.9. The Morgan fingerprint density at radius 2 is 2.00 bits per heavy atom. The van der Waals surface area contributed by atoms with E-state index < -0.39 is 11.9 Å². The third-order valence-electron chi connectivity index (χ3n) is 2.93. The number of aliphatic hydroxyl groups excluding tert-OH is 1. The molecule has 0 aromatic heterocycles. The average Bonchev–Trinajstić information content (AvgIpc) is 2.14. The van der Waals surface area contributed by atoms with Crippen molar-refractivity contribution in [3.63, 3.8) is 0 Å². The number of likely N-dealkylation sites (tertiary alicyclic amines) is 1. The Hall–Kier alpha value is -1.30. The highest BCUT2D eigenvalue weighted by molar-refractivity contribution is 5.80. The molecule has 0 radical (unpaired) electrons. The van der Waals surface area contributed by atoms with Crippen LogP contribution in [0.4, 0.5) is 4.79 Å². The van der Waals surface area contributed by atoms with Crippen molar-refractivity contribution in [2.24, 2.45) is 5.92 Å². The lowest BCUT2D eigenvalue weighted by Gasteiger charge is -2.41. The number of hydrogen-bond acceptors (Lipinski definition) is 3. The zero-order valence-electron chi connectivity index (χ0n) is 10.3. The van der Waals surface area contributed by atoms with E-state index in [0.29, 0.717) is 13.0 Å². The van der Waals surface area contributed by atoms with Crippen LogP contribution in [-0.2, 0) is 4.79 Å². The fourth-order valence-corrected chi connectivity index (χ4v) is 1.79. The lowest BCUT2D eigenvalue weighted by Crippen LogP contribution is -2.58. The molecule has 1 aliphatic heterocycles. The molecule has 0 unspecified atom stereocenters. The molecule has 1 rings (SSSR count). The summed E-state index contributed by atoms with van der Waals surface area (Å²) in [6.07, 6.45) is 0.542. The molecule has 6 heteroatoms. The minimum absolute atomic E-state index is 0.0499. The van der Waals surface area contributed by atoms with Crippen LogP contribution in [-0.4, -0.2) is 64.3 Å². The number of urea groups is 1. The summed E-state index contributed by atoms with van der Waals surface area (Å²) >= 11 is 0. The highest BCUT2D eigenvalue weighted by Gasteiger charge is 2.37. The van der Waals surface area contributed by atoms with E-state index in [2.05, 4.69) is 0 Å². The Kier molecular flexibility index (Phi) is 4.74. The van der Waals surface area contributed by atoms with E-state index in [1.807, 2.05) is 13.8 Å². The second-order valence-electron chi connectivity index (χ2n) is 4.59. The van der Waals surface area contributed by atoms with E-state index >= 15 is 0 Å². The summed E-state index contributed by atoms with van der Waals surface area (Å²) in [5.74, 6) is -1.27. The van der Waals surface area contributed by atoms with Crippen molar-refractivity contribution in [3.8, 4) is 0 Å². The number of carbonyl (C=O) groups excluding carboxylic acids is 1. The Balaban J connectivity index is 2.47. The molecular weight excluding hydrogens is 224 g/mol. The van der Waals surface area contributed by atoms with E-state index in [1.165, 1.54) is 4.90 Å². The zero-order chi connectivity index (χ0) is 13.0. The van der Waals surface area contributed by atoms with E-state index in [-0.39, 0.29) is 31.8 Å². The minimum Gasteiger partial charge on any atom is -0.481 e. The predicted molar refractivity (Wildman–Crippen MR) is 61.6 cm³/mol. The van der Waals surface area contributed by atoms with Crippen LogP contribution in [0.5, 0.6) is 0 Å². The highest BCUT2D eigenvalue weighted by Crippen LogP contribution is 2.18. The molecule has 0 spiro atoms. The third-order valence-corrected chi connectivity index (χ3v) is 2.93. The van der Waals surface area contributed by atoms with Gasteiger partial charge in [0.1, 0.15) is 0 Å². The lowest BCUT2D eigenvalue weighted by atomic mass is 10.0. The van der Waals surface area contributed by atoms with Gasteiger partial charge in [-0.1, -0.05) is 0 Å². The van der Waals surface area contributed by atoms with E-state index in [9.17, 15) is 9.59 Å². The summed E-state index contributed by atoms with van der Waals surface area (Å²) in [6, 6.07) is -0.0797. The minimum atomic E-state index is -0.847. The Morgan fingerprint density at radius 3 is 2.41 bits per heavy atom. The lowest BCUT2D eigenvalue weighted by molar-refractivity contribution is -0.146. The zero-order valence-corrected chi connectivity index (χ0v) is 10.3. The summed E-state index contributed by atoms with van der Waals surface area (Å²) in [5, 5.41) is 17.5. The highest BCUT2D eigenvalue weighted by atomic mass is 16.4. The Morgan fingerprint density at radius 1 is 1.41 bits per heavy atom. The molecule has 0 aromatic rings. The first-order chi connectivity index (χ1) is 7.97. The van der Waals surface area contributed by atoms with E-state index in [0.717, 1.165) is 0 Å². The van der Waals surface area contributed by atoms with Crippen molar-refractivity contribution in [1.82, 2.24) is 9.80 Å². The van der Waals surface area contributed by atoms with Gasteiger partial charge in [-0.25, -0.2) is 4.79 Å². The maximum Gasteiger partial charge on any atom is 0.320 e. The van der Waals surface area contributed by atoms with Crippen molar-refractivity contribution in [2.45, 2.75) is 26.3 Å². The summed E-state index contributed by atoms with van der Waals surface area (Å²) < 4.78 is 0. The third kappa shape index (κ3) is 3.33. The van der Waals surface area contributed by atoms with Crippen molar-refractivity contribution >= 4 is 12.0 Å². The molecule has 98 valence electrons. The van der Waals surface area contributed by atoms with Crippen LogP contribution in [0.15, 0.2) is 0 Å². The molecule has 0 atom stereocenters. The number of carboxylic acid groups (broad SMARTS) is 1.